The zero-order valence-corrected chi connectivity index (χ0v) is 15.1. The SMILES string of the molecule is CCOc1ccccc1OCC(=O)N1CCN(Cc2ccccn2)CC1. The van der Waals surface area contributed by atoms with Gasteiger partial charge in [-0.25, -0.2) is 0 Å². The molecule has 1 aliphatic heterocycles. The van der Waals surface area contributed by atoms with Gasteiger partial charge in [-0.3, -0.25) is 14.7 Å². The summed E-state index contributed by atoms with van der Waals surface area (Å²) < 4.78 is 11.2. The van der Waals surface area contributed by atoms with Crippen molar-refractivity contribution < 1.29 is 14.3 Å². The summed E-state index contributed by atoms with van der Waals surface area (Å²) in [6.07, 6.45) is 1.81. The highest BCUT2D eigenvalue weighted by atomic mass is 16.5. The lowest BCUT2D eigenvalue weighted by atomic mass is 10.2. The number of para-hydroxylation sites is 2. The average molecular weight is 355 g/mol. The number of ether oxygens (including phenoxy) is 2. The lowest BCUT2D eigenvalue weighted by Crippen LogP contribution is -2.49. The predicted molar refractivity (Wildman–Crippen MR) is 99.2 cm³/mol. The van der Waals surface area contributed by atoms with Crippen molar-refractivity contribution >= 4 is 5.91 Å². The van der Waals surface area contributed by atoms with Gasteiger partial charge in [0.15, 0.2) is 18.1 Å². The fraction of sp³-hybridized carbons (Fsp3) is 0.400. The topological polar surface area (TPSA) is 54.9 Å². The third-order valence-corrected chi connectivity index (χ3v) is 4.34. The Morgan fingerprint density at radius 1 is 1.00 bits per heavy atom. The monoisotopic (exact) mass is 355 g/mol. The molecule has 2 aromatic rings. The van der Waals surface area contributed by atoms with Crippen LogP contribution < -0.4 is 9.47 Å². The molecule has 6 nitrogen and oxygen atoms in total. The molecule has 0 aliphatic carbocycles. The van der Waals surface area contributed by atoms with E-state index in [-0.39, 0.29) is 12.5 Å². The number of rotatable bonds is 7. The van der Waals surface area contributed by atoms with Gasteiger partial charge in [0.05, 0.1) is 12.3 Å². The Labute approximate surface area is 154 Å². The number of aromatic nitrogens is 1. The highest BCUT2D eigenvalue weighted by molar-refractivity contribution is 5.78. The molecular weight excluding hydrogens is 330 g/mol. The van der Waals surface area contributed by atoms with Crippen molar-refractivity contribution in [2.45, 2.75) is 13.5 Å². The molecule has 2 heterocycles. The maximum atomic E-state index is 12.4. The van der Waals surface area contributed by atoms with Crippen LogP contribution in [-0.2, 0) is 11.3 Å². The second kappa shape index (κ2) is 9.20. The van der Waals surface area contributed by atoms with Crippen molar-refractivity contribution in [3.8, 4) is 11.5 Å². The predicted octanol–water partition coefficient (Wildman–Crippen LogP) is 2.20. The van der Waals surface area contributed by atoms with E-state index < -0.39 is 0 Å². The number of benzene rings is 1. The van der Waals surface area contributed by atoms with Crippen molar-refractivity contribution in [2.75, 3.05) is 39.4 Å². The van der Waals surface area contributed by atoms with E-state index in [1.807, 2.05) is 60.5 Å². The Kier molecular flexibility index (Phi) is 6.44. The van der Waals surface area contributed by atoms with E-state index in [1.54, 1.807) is 0 Å². The normalized spacial score (nSPS) is 14.9. The number of carbonyl (C=O) groups excluding carboxylic acids is 1. The second-order valence-corrected chi connectivity index (χ2v) is 6.15. The minimum atomic E-state index is 0.00814. The number of pyridine rings is 1. The molecule has 0 saturated carbocycles. The molecule has 3 rings (SSSR count). The Morgan fingerprint density at radius 2 is 1.69 bits per heavy atom. The minimum absolute atomic E-state index is 0.00814. The first-order valence-corrected chi connectivity index (χ1v) is 9.01. The first kappa shape index (κ1) is 18.2. The van der Waals surface area contributed by atoms with Crippen LogP contribution in [0.25, 0.3) is 0 Å². The van der Waals surface area contributed by atoms with Crippen LogP contribution in [0.1, 0.15) is 12.6 Å². The molecule has 1 aliphatic rings. The van der Waals surface area contributed by atoms with Gasteiger partial charge in [-0.1, -0.05) is 18.2 Å². The van der Waals surface area contributed by atoms with Crippen molar-refractivity contribution in [3.05, 3.63) is 54.4 Å². The molecule has 1 fully saturated rings. The van der Waals surface area contributed by atoms with Crippen molar-refractivity contribution in [1.29, 1.82) is 0 Å². The third-order valence-electron chi connectivity index (χ3n) is 4.34. The quantitative estimate of drug-likeness (QED) is 0.762. The summed E-state index contributed by atoms with van der Waals surface area (Å²) in [6.45, 7) is 6.45. The van der Waals surface area contributed by atoms with Crippen LogP contribution in [0.15, 0.2) is 48.7 Å². The zero-order chi connectivity index (χ0) is 18.2. The fourth-order valence-electron chi connectivity index (χ4n) is 2.95. The number of hydrogen-bond acceptors (Lipinski definition) is 5. The van der Waals surface area contributed by atoms with Crippen LogP contribution in [0.2, 0.25) is 0 Å². The first-order chi connectivity index (χ1) is 12.8. The minimum Gasteiger partial charge on any atom is -0.490 e. The van der Waals surface area contributed by atoms with Crippen LogP contribution in [0.4, 0.5) is 0 Å². The third kappa shape index (κ3) is 4.95. The van der Waals surface area contributed by atoms with Crippen LogP contribution in [-0.4, -0.2) is 60.1 Å². The van der Waals surface area contributed by atoms with Crippen molar-refractivity contribution in [2.24, 2.45) is 0 Å². The van der Waals surface area contributed by atoms with Gasteiger partial charge in [0.25, 0.3) is 5.91 Å². The smallest absolute Gasteiger partial charge is 0.260 e. The van der Waals surface area contributed by atoms with Crippen LogP contribution >= 0.6 is 0 Å². The number of hydrogen-bond donors (Lipinski definition) is 0. The summed E-state index contributed by atoms with van der Waals surface area (Å²) in [4.78, 5) is 21.0. The molecule has 1 aromatic carbocycles. The summed E-state index contributed by atoms with van der Waals surface area (Å²) in [6, 6.07) is 13.4. The van der Waals surface area contributed by atoms with E-state index in [9.17, 15) is 4.79 Å². The second-order valence-electron chi connectivity index (χ2n) is 6.15. The maximum absolute atomic E-state index is 12.4. The van der Waals surface area contributed by atoms with Gasteiger partial charge in [0.1, 0.15) is 0 Å². The fourth-order valence-corrected chi connectivity index (χ4v) is 2.95. The summed E-state index contributed by atoms with van der Waals surface area (Å²) in [5.41, 5.74) is 1.06. The van der Waals surface area contributed by atoms with Gasteiger partial charge in [0.2, 0.25) is 0 Å². The molecule has 138 valence electrons. The molecule has 1 saturated heterocycles. The molecule has 6 heteroatoms. The zero-order valence-electron chi connectivity index (χ0n) is 15.1. The number of nitrogens with zero attached hydrogens (tertiary/aromatic N) is 3. The Bertz CT molecular complexity index is 700. The maximum Gasteiger partial charge on any atom is 0.260 e. The molecule has 0 radical (unpaired) electrons. The number of piperazine rings is 1. The molecule has 0 N–H and O–H groups in total. The van der Waals surface area contributed by atoms with Gasteiger partial charge in [-0.15, -0.1) is 0 Å². The Hall–Kier alpha value is -2.60. The molecule has 0 unspecified atom stereocenters. The number of amides is 1. The van der Waals surface area contributed by atoms with Crippen LogP contribution in [0, 0.1) is 0 Å². The van der Waals surface area contributed by atoms with E-state index in [4.69, 9.17) is 9.47 Å². The standard InChI is InChI=1S/C20H25N3O3/c1-2-25-18-8-3-4-9-19(18)26-16-20(24)23-13-11-22(12-14-23)15-17-7-5-6-10-21-17/h3-10H,2,11-16H2,1H3. The van der Waals surface area contributed by atoms with E-state index >= 15 is 0 Å². The van der Waals surface area contributed by atoms with E-state index in [1.165, 1.54) is 0 Å². The first-order valence-electron chi connectivity index (χ1n) is 9.01. The lowest BCUT2D eigenvalue weighted by Gasteiger charge is -2.34. The molecule has 0 bridgehead atoms. The molecule has 26 heavy (non-hydrogen) atoms. The average Bonchev–Trinajstić information content (AvgIpc) is 2.69. The number of carbonyl (C=O) groups is 1. The molecule has 0 atom stereocenters. The molecule has 0 spiro atoms. The highest BCUT2D eigenvalue weighted by Crippen LogP contribution is 2.26. The summed E-state index contributed by atoms with van der Waals surface area (Å²) in [5, 5.41) is 0. The van der Waals surface area contributed by atoms with E-state index in [0.29, 0.717) is 31.2 Å². The van der Waals surface area contributed by atoms with E-state index in [0.717, 1.165) is 25.3 Å². The van der Waals surface area contributed by atoms with Gasteiger partial charge >= 0.3 is 0 Å². The summed E-state index contributed by atoms with van der Waals surface area (Å²) in [5.74, 6) is 1.29. The molecule has 1 amide bonds. The van der Waals surface area contributed by atoms with Gasteiger partial charge in [0, 0.05) is 38.9 Å². The van der Waals surface area contributed by atoms with E-state index in [2.05, 4.69) is 9.88 Å². The lowest BCUT2D eigenvalue weighted by molar-refractivity contribution is -0.135. The Morgan fingerprint density at radius 3 is 2.35 bits per heavy atom. The Balaban J connectivity index is 1.45. The van der Waals surface area contributed by atoms with Crippen LogP contribution in [0.3, 0.4) is 0 Å². The van der Waals surface area contributed by atoms with Gasteiger partial charge in [-0.2, -0.15) is 0 Å². The molecular formula is C20H25N3O3. The van der Waals surface area contributed by atoms with Crippen LogP contribution in [0.5, 0.6) is 11.5 Å². The van der Waals surface area contributed by atoms with Crippen molar-refractivity contribution in [1.82, 2.24) is 14.8 Å². The summed E-state index contributed by atoms with van der Waals surface area (Å²) >= 11 is 0. The summed E-state index contributed by atoms with van der Waals surface area (Å²) in [7, 11) is 0. The van der Waals surface area contributed by atoms with Gasteiger partial charge < -0.3 is 14.4 Å². The molecule has 1 aromatic heterocycles. The van der Waals surface area contributed by atoms with Gasteiger partial charge in [-0.05, 0) is 31.2 Å². The highest BCUT2D eigenvalue weighted by Gasteiger charge is 2.22. The van der Waals surface area contributed by atoms with Crippen molar-refractivity contribution in [3.63, 3.8) is 0 Å². The largest absolute Gasteiger partial charge is 0.490 e.